The Balaban J connectivity index is 1.56. The van der Waals surface area contributed by atoms with Crippen LogP contribution >= 0.6 is 0 Å². The van der Waals surface area contributed by atoms with Crippen LogP contribution in [0, 0.1) is 0 Å². The molecule has 3 aromatic rings. The number of nitrogens with zero attached hydrogens (tertiary/aromatic N) is 4. The Hall–Kier alpha value is -3.49. The number of alkyl halides is 2. The summed E-state index contributed by atoms with van der Waals surface area (Å²) in [6.07, 6.45) is 1.99. The van der Waals surface area contributed by atoms with Crippen molar-refractivity contribution in [3.8, 4) is 17.2 Å². The Morgan fingerprint density at radius 1 is 1.19 bits per heavy atom. The van der Waals surface area contributed by atoms with Gasteiger partial charge in [-0.3, -0.25) is 4.79 Å². The van der Waals surface area contributed by atoms with E-state index in [0.29, 0.717) is 17.9 Å². The van der Waals surface area contributed by atoms with Crippen molar-refractivity contribution in [2.45, 2.75) is 38.8 Å². The molecule has 1 aromatic heterocycles. The van der Waals surface area contributed by atoms with Crippen molar-refractivity contribution in [2.24, 2.45) is 0 Å². The van der Waals surface area contributed by atoms with Crippen LogP contribution in [0.15, 0.2) is 48.5 Å². The van der Waals surface area contributed by atoms with Crippen molar-refractivity contribution in [1.29, 1.82) is 0 Å². The molecule has 1 aliphatic carbocycles. The second-order valence-corrected chi connectivity index (χ2v) is 7.60. The summed E-state index contributed by atoms with van der Waals surface area (Å²) in [7, 11) is 1.67. The molecule has 0 radical (unpaired) electrons. The van der Waals surface area contributed by atoms with Crippen LogP contribution in [0.3, 0.4) is 0 Å². The van der Waals surface area contributed by atoms with Crippen LogP contribution in [-0.4, -0.2) is 46.1 Å². The maximum absolute atomic E-state index is 13.2. The molecule has 32 heavy (non-hydrogen) atoms. The topological polar surface area (TPSA) is 69.5 Å². The molecule has 1 saturated carbocycles. The molecule has 0 saturated heterocycles. The highest BCUT2D eigenvalue weighted by Gasteiger charge is 2.35. The summed E-state index contributed by atoms with van der Waals surface area (Å²) in [5, 5.41) is 8.45. The molecule has 0 atom stereocenters. The van der Waals surface area contributed by atoms with Gasteiger partial charge in [0.05, 0.1) is 18.0 Å². The van der Waals surface area contributed by atoms with E-state index in [1.54, 1.807) is 30.8 Å². The van der Waals surface area contributed by atoms with Crippen molar-refractivity contribution in [1.82, 2.24) is 19.9 Å². The molecule has 1 heterocycles. The molecule has 0 spiro atoms. The minimum Gasteiger partial charge on any atom is -0.490 e. The van der Waals surface area contributed by atoms with E-state index in [1.807, 2.05) is 30.3 Å². The number of ether oxygens (including phenoxy) is 2. The van der Waals surface area contributed by atoms with Gasteiger partial charge in [-0.2, -0.15) is 8.78 Å². The van der Waals surface area contributed by atoms with E-state index in [9.17, 15) is 13.6 Å². The van der Waals surface area contributed by atoms with E-state index < -0.39 is 6.61 Å². The fourth-order valence-electron chi connectivity index (χ4n) is 3.56. The van der Waals surface area contributed by atoms with Crippen LogP contribution in [0.1, 0.15) is 47.4 Å². The zero-order chi connectivity index (χ0) is 22.7. The normalized spacial score (nSPS) is 13.3. The number of benzene rings is 2. The van der Waals surface area contributed by atoms with Gasteiger partial charge in [0.2, 0.25) is 0 Å². The van der Waals surface area contributed by atoms with Gasteiger partial charge in [0.1, 0.15) is 0 Å². The SMILES string of the molecule is CCOc1cc(CN(C)C(=O)c2nnn(-c3ccccc3)c2C2CC2)ccc1OC(F)F. The Bertz CT molecular complexity index is 1080. The van der Waals surface area contributed by atoms with Gasteiger partial charge in [-0.25, -0.2) is 4.68 Å². The van der Waals surface area contributed by atoms with Gasteiger partial charge < -0.3 is 14.4 Å². The molecule has 0 bridgehead atoms. The number of amides is 1. The summed E-state index contributed by atoms with van der Waals surface area (Å²) >= 11 is 0. The number of carbonyl (C=O) groups is 1. The molecule has 9 heteroatoms. The molecule has 1 aliphatic rings. The molecule has 2 aromatic carbocycles. The number of halogens is 2. The average Bonchev–Trinajstić information content (AvgIpc) is 3.53. The number of hydrogen-bond acceptors (Lipinski definition) is 5. The number of hydrogen-bond donors (Lipinski definition) is 0. The van der Waals surface area contributed by atoms with Crippen LogP contribution in [-0.2, 0) is 6.54 Å². The smallest absolute Gasteiger partial charge is 0.387 e. The Morgan fingerprint density at radius 2 is 1.94 bits per heavy atom. The first-order chi connectivity index (χ1) is 15.5. The van der Waals surface area contributed by atoms with E-state index in [2.05, 4.69) is 15.0 Å². The molecule has 7 nitrogen and oxygen atoms in total. The molecule has 0 aliphatic heterocycles. The monoisotopic (exact) mass is 442 g/mol. The number of para-hydroxylation sites is 1. The lowest BCUT2D eigenvalue weighted by molar-refractivity contribution is -0.0514. The Kier molecular flexibility index (Phi) is 6.34. The predicted molar refractivity (Wildman–Crippen MR) is 113 cm³/mol. The van der Waals surface area contributed by atoms with Gasteiger partial charge in [-0.15, -0.1) is 5.10 Å². The summed E-state index contributed by atoms with van der Waals surface area (Å²) in [6.45, 7) is -0.650. The van der Waals surface area contributed by atoms with Gasteiger partial charge in [0.15, 0.2) is 17.2 Å². The van der Waals surface area contributed by atoms with Crippen LogP contribution in [0.2, 0.25) is 0 Å². The molecule has 1 amide bonds. The van der Waals surface area contributed by atoms with Crippen LogP contribution in [0.25, 0.3) is 5.69 Å². The minimum absolute atomic E-state index is 0.0404. The predicted octanol–water partition coefficient (Wildman–Crippen LogP) is 4.42. The highest BCUT2D eigenvalue weighted by molar-refractivity contribution is 5.93. The summed E-state index contributed by atoms with van der Waals surface area (Å²) in [4.78, 5) is 14.8. The second kappa shape index (κ2) is 9.33. The quantitative estimate of drug-likeness (QED) is 0.491. The third-order valence-corrected chi connectivity index (χ3v) is 5.16. The average molecular weight is 442 g/mol. The van der Waals surface area contributed by atoms with Gasteiger partial charge >= 0.3 is 6.61 Å². The first kappa shape index (κ1) is 21.7. The number of aromatic nitrogens is 3. The van der Waals surface area contributed by atoms with Crippen LogP contribution in [0.5, 0.6) is 11.5 Å². The molecule has 0 N–H and O–H groups in total. The largest absolute Gasteiger partial charge is 0.490 e. The summed E-state index contributed by atoms with van der Waals surface area (Å²) in [5.41, 5.74) is 2.74. The van der Waals surface area contributed by atoms with Crippen molar-refractivity contribution in [2.75, 3.05) is 13.7 Å². The third-order valence-electron chi connectivity index (χ3n) is 5.16. The fourth-order valence-corrected chi connectivity index (χ4v) is 3.56. The molecule has 168 valence electrons. The third kappa shape index (κ3) is 4.71. The molecular formula is C23H24F2N4O3. The zero-order valence-corrected chi connectivity index (χ0v) is 17.9. The lowest BCUT2D eigenvalue weighted by Crippen LogP contribution is -2.27. The zero-order valence-electron chi connectivity index (χ0n) is 17.9. The minimum atomic E-state index is -2.95. The molecule has 1 fully saturated rings. The van der Waals surface area contributed by atoms with E-state index in [0.717, 1.165) is 24.2 Å². The summed E-state index contributed by atoms with van der Waals surface area (Å²) in [6, 6.07) is 14.3. The first-order valence-electron chi connectivity index (χ1n) is 10.4. The van der Waals surface area contributed by atoms with Gasteiger partial charge in [0.25, 0.3) is 5.91 Å². The van der Waals surface area contributed by atoms with E-state index in [1.165, 1.54) is 11.0 Å². The number of carbonyl (C=O) groups excluding carboxylic acids is 1. The van der Waals surface area contributed by atoms with E-state index in [-0.39, 0.29) is 29.9 Å². The highest BCUT2D eigenvalue weighted by atomic mass is 19.3. The lowest BCUT2D eigenvalue weighted by atomic mass is 10.1. The Morgan fingerprint density at radius 3 is 2.59 bits per heavy atom. The standard InChI is InChI=1S/C23H24F2N4O3/c1-3-31-19-13-15(9-12-18(19)32-23(24)25)14-28(2)22(30)20-21(16-10-11-16)29(27-26-20)17-7-5-4-6-8-17/h4-9,12-13,16,23H,3,10-11,14H2,1-2H3. The molecular weight excluding hydrogens is 418 g/mol. The number of rotatable bonds is 9. The lowest BCUT2D eigenvalue weighted by Gasteiger charge is -2.18. The summed E-state index contributed by atoms with van der Waals surface area (Å²) < 4.78 is 36.9. The van der Waals surface area contributed by atoms with Crippen molar-refractivity contribution in [3.63, 3.8) is 0 Å². The molecule has 4 rings (SSSR count). The van der Waals surface area contributed by atoms with E-state index in [4.69, 9.17) is 4.74 Å². The van der Waals surface area contributed by atoms with Gasteiger partial charge in [0, 0.05) is 19.5 Å². The Labute approximate surface area is 184 Å². The van der Waals surface area contributed by atoms with Gasteiger partial charge in [-0.05, 0) is 49.6 Å². The maximum atomic E-state index is 13.2. The van der Waals surface area contributed by atoms with Crippen molar-refractivity contribution in [3.05, 3.63) is 65.5 Å². The van der Waals surface area contributed by atoms with Crippen LogP contribution < -0.4 is 9.47 Å². The second-order valence-electron chi connectivity index (χ2n) is 7.60. The van der Waals surface area contributed by atoms with Crippen molar-refractivity contribution < 1.29 is 23.0 Å². The van der Waals surface area contributed by atoms with Gasteiger partial charge in [-0.1, -0.05) is 29.5 Å². The van der Waals surface area contributed by atoms with Crippen molar-refractivity contribution >= 4 is 5.91 Å². The summed E-state index contributed by atoms with van der Waals surface area (Å²) in [5.74, 6) is 0.175. The highest BCUT2D eigenvalue weighted by Crippen LogP contribution is 2.42. The molecule has 0 unspecified atom stereocenters. The van der Waals surface area contributed by atoms with Crippen LogP contribution in [0.4, 0.5) is 8.78 Å². The van der Waals surface area contributed by atoms with E-state index >= 15 is 0 Å². The maximum Gasteiger partial charge on any atom is 0.387 e. The fraction of sp³-hybridized carbons (Fsp3) is 0.348. The first-order valence-corrected chi connectivity index (χ1v) is 10.4.